The first kappa shape index (κ1) is 35.2. The number of rotatable bonds is 10. The number of carbonyl (C=O) groups excluding carboxylic acids is 2. The summed E-state index contributed by atoms with van der Waals surface area (Å²) < 4.78 is 0. The van der Waals surface area contributed by atoms with Crippen LogP contribution in [0.5, 0.6) is 0 Å². The summed E-state index contributed by atoms with van der Waals surface area (Å²) in [6, 6.07) is 50.8. The van der Waals surface area contributed by atoms with Gasteiger partial charge >= 0.3 is 0 Å². The van der Waals surface area contributed by atoms with Gasteiger partial charge in [0.05, 0.1) is 16.8 Å². The average molecular weight is 693 g/mol. The standard InChI is InChI=1S/C49H44N2O2/c1-33(2)43-17-12-18-44(34(3)4)47(43)51-48(52)45(38-27-25-37(26-28-38)24-23-36-21-19-35(5)20-22-36)46(49(51)53)39-29-31-42(32-30-39)50(40-13-8-6-9-14-40)41-15-10-7-11-16-41/h6-34H,1-5H3. The van der Waals surface area contributed by atoms with Gasteiger partial charge in [-0.05, 0) is 88.5 Å². The largest absolute Gasteiger partial charge is 0.311 e. The number of amides is 2. The van der Waals surface area contributed by atoms with Gasteiger partial charge in [-0.1, -0.05) is 161 Å². The molecule has 0 N–H and O–H groups in total. The zero-order chi connectivity index (χ0) is 37.1. The fraction of sp³-hybridized carbons (Fsp3) is 0.143. The second kappa shape index (κ2) is 15.1. The first-order valence-electron chi connectivity index (χ1n) is 18.3. The highest BCUT2D eigenvalue weighted by Gasteiger charge is 2.42. The van der Waals surface area contributed by atoms with E-state index in [0.29, 0.717) is 28.0 Å². The molecule has 0 fully saturated rings. The molecule has 1 aliphatic rings. The molecule has 0 radical (unpaired) electrons. The molecule has 0 unspecified atom stereocenters. The van der Waals surface area contributed by atoms with Crippen LogP contribution in [0.25, 0.3) is 23.3 Å². The Morgan fingerprint density at radius 2 is 0.868 bits per heavy atom. The molecule has 0 saturated heterocycles. The van der Waals surface area contributed by atoms with Crippen molar-refractivity contribution in [1.29, 1.82) is 0 Å². The number of nitrogens with zero attached hydrogens (tertiary/aromatic N) is 2. The number of hydrogen-bond acceptors (Lipinski definition) is 3. The molecule has 6 aromatic carbocycles. The molecule has 0 saturated carbocycles. The van der Waals surface area contributed by atoms with Crippen LogP contribution in [0.3, 0.4) is 0 Å². The molecule has 1 aliphatic heterocycles. The van der Waals surface area contributed by atoms with E-state index < -0.39 is 0 Å². The highest BCUT2D eigenvalue weighted by Crippen LogP contribution is 2.44. The summed E-state index contributed by atoms with van der Waals surface area (Å²) in [7, 11) is 0. The van der Waals surface area contributed by atoms with Crippen molar-refractivity contribution in [2.75, 3.05) is 9.80 Å². The Hall–Kier alpha value is -6.26. The molecule has 0 aromatic heterocycles. The molecule has 7 rings (SSSR count). The number of aryl methyl sites for hydroxylation is 1. The monoisotopic (exact) mass is 692 g/mol. The van der Waals surface area contributed by atoms with Crippen LogP contribution < -0.4 is 9.80 Å². The molecule has 262 valence electrons. The number of carbonyl (C=O) groups is 2. The molecule has 0 aliphatic carbocycles. The molecule has 4 nitrogen and oxygen atoms in total. The zero-order valence-corrected chi connectivity index (χ0v) is 31.0. The van der Waals surface area contributed by atoms with E-state index in [0.717, 1.165) is 39.3 Å². The van der Waals surface area contributed by atoms with Crippen LogP contribution in [0.1, 0.15) is 78.5 Å². The van der Waals surface area contributed by atoms with Crippen molar-refractivity contribution in [3.05, 3.63) is 191 Å². The molecule has 0 bridgehead atoms. The summed E-state index contributed by atoms with van der Waals surface area (Å²) in [4.78, 5) is 33.4. The quantitative estimate of drug-likeness (QED) is 0.106. The number of hydrogen-bond donors (Lipinski definition) is 0. The third-order valence-corrected chi connectivity index (χ3v) is 9.84. The van der Waals surface area contributed by atoms with Gasteiger partial charge < -0.3 is 4.90 Å². The number of para-hydroxylation sites is 3. The van der Waals surface area contributed by atoms with Gasteiger partial charge in [0.1, 0.15) is 0 Å². The van der Waals surface area contributed by atoms with E-state index in [9.17, 15) is 9.59 Å². The van der Waals surface area contributed by atoms with Crippen molar-refractivity contribution >= 4 is 57.9 Å². The molecule has 1 heterocycles. The third-order valence-electron chi connectivity index (χ3n) is 9.84. The van der Waals surface area contributed by atoms with Gasteiger partial charge in [-0.3, -0.25) is 9.59 Å². The molecule has 6 aromatic rings. The highest BCUT2D eigenvalue weighted by molar-refractivity contribution is 6.57. The Kier molecular flexibility index (Phi) is 10.0. The lowest BCUT2D eigenvalue weighted by Gasteiger charge is -2.26. The van der Waals surface area contributed by atoms with Crippen molar-refractivity contribution in [2.45, 2.75) is 46.5 Å². The van der Waals surface area contributed by atoms with Crippen molar-refractivity contribution in [1.82, 2.24) is 0 Å². The van der Waals surface area contributed by atoms with E-state index in [-0.39, 0.29) is 23.7 Å². The summed E-state index contributed by atoms with van der Waals surface area (Å²) >= 11 is 0. The summed E-state index contributed by atoms with van der Waals surface area (Å²) in [6.07, 6.45) is 4.15. The first-order chi connectivity index (χ1) is 25.7. The van der Waals surface area contributed by atoms with Crippen molar-refractivity contribution in [2.24, 2.45) is 0 Å². The summed E-state index contributed by atoms with van der Waals surface area (Å²) in [5.41, 5.74) is 11.2. The lowest BCUT2D eigenvalue weighted by Crippen LogP contribution is -2.33. The van der Waals surface area contributed by atoms with Crippen LogP contribution >= 0.6 is 0 Å². The lowest BCUT2D eigenvalue weighted by atomic mass is 9.91. The van der Waals surface area contributed by atoms with E-state index in [1.807, 2.05) is 103 Å². The van der Waals surface area contributed by atoms with Gasteiger partial charge in [0.15, 0.2) is 0 Å². The first-order valence-corrected chi connectivity index (χ1v) is 18.3. The predicted molar refractivity (Wildman–Crippen MR) is 222 cm³/mol. The summed E-state index contributed by atoms with van der Waals surface area (Å²) in [5, 5.41) is 0. The molecule has 4 heteroatoms. The van der Waals surface area contributed by atoms with Gasteiger partial charge in [-0.25, -0.2) is 4.90 Å². The average Bonchev–Trinajstić information content (AvgIpc) is 3.44. The summed E-state index contributed by atoms with van der Waals surface area (Å²) in [5.74, 6) is -0.392. The Morgan fingerprint density at radius 3 is 1.30 bits per heavy atom. The van der Waals surface area contributed by atoms with E-state index in [1.54, 1.807) is 0 Å². The molecular weight excluding hydrogens is 649 g/mol. The SMILES string of the molecule is Cc1ccc(C=Cc2ccc(C3=C(c4ccc(N(c5ccccc5)c5ccccc5)cc4)C(=O)N(c4c(C(C)C)cccc4C(C)C)C3=O)cc2)cc1. The number of imide groups is 1. The van der Waals surface area contributed by atoms with Gasteiger partial charge in [-0.15, -0.1) is 0 Å². The van der Waals surface area contributed by atoms with Crippen molar-refractivity contribution in [3.8, 4) is 0 Å². The molecule has 2 amide bonds. The topological polar surface area (TPSA) is 40.6 Å². The van der Waals surface area contributed by atoms with Gasteiger partial charge in [0.2, 0.25) is 0 Å². The zero-order valence-electron chi connectivity index (χ0n) is 31.0. The minimum absolute atomic E-state index is 0.109. The van der Waals surface area contributed by atoms with E-state index in [4.69, 9.17) is 0 Å². The van der Waals surface area contributed by atoms with Crippen LogP contribution in [0.15, 0.2) is 152 Å². The Morgan fingerprint density at radius 1 is 0.472 bits per heavy atom. The van der Waals surface area contributed by atoms with Crippen LogP contribution in [-0.2, 0) is 9.59 Å². The van der Waals surface area contributed by atoms with Gasteiger partial charge in [0.25, 0.3) is 11.8 Å². The second-order valence-electron chi connectivity index (χ2n) is 14.2. The maximum Gasteiger partial charge on any atom is 0.266 e. The van der Waals surface area contributed by atoms with Crippen LogP contribution in [0.2, 0.25) is 0 Å². The molecular formula is C49H44N2O2. The van der Waals surface area contributed by atoms with Gasteiger partial charge in [0, 0.05) is 17.1 Å². The van der Waals surface area contributed by atoms with Crippen molar-refractivity contribution < 1.29 is 9.59 Å². The number of benzene rings is 6. The predicted octanol–water partition coefficient (Wildman–Crippen LogP) is 12.4. The summed E-state index contributed by atoms with van der Waals surface area (Å²) in [6.45, 7) is 10.5. The third kappa shape index (κ3) is 7.14. The van der Waals surface area contributed by atoms with E-state index >= 15 is 0 Å². The Bertz CT molecular complexity index is 2230. The highest BCUT2D eigenvalue weighted by atomic mass is 16.2. The Labute approximate surface area is 313 Å². The fourth-order valence-electron chi connectivity index (χ4n) is 7.05. The second-order valence-corrected chi connectivity index (χ2v) is 14.2. The minimum atomic E-state index is -0.306. The number of anilines is 4. The smallest absolute Gasteiger partial charge is 0.266 e. The molecule has 0 atom stereocenters. The normalized spacial score (nSPS) is 13.2. The van der Waals surface area contributed by atoms with E-state index in [1.165, 1.54) is 10.5 Å². The lowest BCUT2D eigenvalue weighted by molar-refractivity contribution is -0.119. The maximum atomic E-state index is 14.9. The van der Waals surface area contributed by atoms with Gasteiger partial charge in [-0.2, -0.15) is 0 Å². The fourth-order valence-corrected chi connectivity index (χ4v) is 7.05. The molecule has 0 spiro atoms. The van der Waals surface area contributed by atoms with Crippen LogP contribution in [0.4, 0.5) is 22.7 Å². The Balaban J connectivity index is 1.34. The minimum Gasteiger partial charge on any atom is -0.311 e. The molecule has 53 heavy (non-hydrogen) atoms. The van der Waals surface area contributed by atoms with Crippen LogP contribution in [-0.4, -0.2) is 11.8 Å². The van der Waals surface area contributed by atoms with Crippen molar-refractivity contribution in [3.63, 3.8) is 0 Å². The van der Waals surface area contributed by atoms with E-state index in [2.05, 4.69) is 100 Å². The maximum absolute atomic E-state index is 14.9. The van der Waals surface area contributed by atoms with Crippen LogP contribution in [0, 0.1) is 6.92 Å².